The van der Waals surface area contributed by atoms with E-state index in [1.54, 1.807) is 11.8 Å². The lowest BCUT2D eigenvalue weighted by Crippen LogP contribution is -2.48. The fourth-order valence-electron chi connectivity index (χ4n) is 6.07. The van der Waals surface area contributed by atoms with E-state index in [1.165, 1.54) is 5.69 Å². The molecular weight excluding hydrogens is 522 g/mol. The van der Waals surface area contributed by atoms with Gasteiger partial charge in [0.15, 0.2) is 17.3 Å². The zero-order chi connectivity index (χ0) is 27.9. The fourth-order valence-corrected chi connectivity index (χ4v) is 6.07. The Morgan fingerprint density at radius 2 is 1.76 bits per heavy atom. The number of ether oxygens (including phenoxy) is 3. The highest BCUT2D eigenvalue weighted by molar-refractivity contribution is 5.95. The van der Waals surface area contributed by atoms with Gasteiger partial charge in [-0.25, -0.2) is 0 Å². The SMILES string of the molecule is COc1c2c(cc3c1[C@@H](c1nnnn1-c1cccc(C(=O)N4CCN(c5ccccc5)CC4)c1)N(C)CC3)OCO2. The van der Waals surface area contributed by atoms with Gasteiger partial charge in [0.25, 0.3) is 5.91 Å². The van der Waals surface area contributed by atoms with Crippen LogP contribution in [0.15, 0.2) is 60.7 Å². The van der Waals surface area contributed by atoms with Gasteiger partial charge in [-0.2, -0.15) is 4.68 Å². The average Bonchev–Trinajstić information content (AvgIpc) is 3.70. The molecule has 1 amide bonds. The summed E-state index contributed by atoms with van der Waals surface area (Å²) in [4.78, 5) is 20.0. The maximum absolute atomic E-state index is 13.6. The van der Waals surface area contributed by atoms with Crippen molar-refractivity contribution in [2.24, 2.45) is 0 Å². The number of benzene rings is 3. The predicted molar refractivity (Wildman–Crippen MR) is 151 cm³/mol. The minimum absolute atomic E-state index is 0.00342. The Morgan fingerprint density at radius 3 is 2.56 bits per heavy atom. The van der Waals surface area contributed by atoms with E-state index in [4.69, 9.17) is 14.2 Å². The molecule has 3 aliphatic rings. The van der Waals surface area contributed by atoms with Crippen LogP contribution in [0, 0.1) is 0 Å². The number of carbonyl (C=O) groups excluding carboxylic acids is 1. The van der Waals surface area contributed by atoms with Crippen molar-refractivity contribution >= 4 is 11.6 Å². The number of anilines is 1. The second-order valence-electron chi connectivity index (χ2n) is 10.5. The van der Waals surface area contributed by atoms with Crippen molar-refractivity contribution in [3.8, 4) is 22.9 Å². The van der Waals surface area contributed by atoms with Crippen LogP contribution >= 0.6 is 0 Å². The molecule has 1 fully saturated rings. The molecule has 0 spiro atoms. The number of aromatic nitrogens is 4. The highest BCUT2D eigenvalue weighted by atomic mass is 16.7. The summed E-state index contributed by atoms with van der Waals surface area (Å²) in [5.41, 5.74) is 4.59. The topological polar surface area (TPSA) is 98.1 Å². The number of tetrazole rings is 1. The smallest absolute Gasteiger partial charge is 0.254 e. The van der Waals surface area contributed by atoms with Crippen molar-refractivity contribution in [1.82, 2.24) is 30.0 Å². The zero-order valence-corrected chi connectivity index (χ0v) is 23.1. The molecule has 4 aromatic rings. The molecule has 1 aromatic heterocycles. The summed E-state index contributed by atoms with van der Waals surface area (Å²) in [5, 5.41) is 12.9. The summed E-state index contributed by atoms with van der Waals surface area (Å²) < 4.78 is 19.0. The molecule has 11 heteroatoms. The Labute approximate surface area is 237 Å². The van der Waals surface area contributed by atoms with Crippen LogP contribution in [0.25, 0.3) is 5.69 Å². The molecule has 210 valence electrons. The van der Waals surface area contributed by atoms with Gasteiger partial charge < -0.3 is 24.0 Å². The zero-order valence-electron chi connectivity index (χ0n) is 23.1. The maximum Gasteiger partial charge on any atom is 0.254 e. The average molecular weight is 554 g/mol. The Bertz CT molecular complexity index is 1580. The van der Waals surface area contributed by atoms with E-state index >= 15 is 0 Å². The van der Waals surface area contributed by atoms with Crippen LogP contribution < -0.4 is 19.1 Å². The maximum atomic E-state index is 13.6. The Morgan fingerprint density at radius 1 is 0.951 bits per heavy atom. The molecular formula is C30H31N7O4. The molecule has 0 saturated carbocycles. The van der Waals surface area contributed by atoms with E-state index in [-0.39, 0.29) is 18.7 Å². The number of methoxy groups -OCH3 is 1. The lowest BCUT2D eigenvalue weighted by molar-refractivity contribution is 0.0746. The molecule has 7 rings (SSSR count). The van der Waals surface area contributed by atoms with Crippen LogP contribution in [0.2, 0.25) is 0 Å². The van der Waals surface area contributed by atoms with Gasteiger partial charge in [-0.15, -0.1) is 5.10 Å². The summed E-state index contributed by atoms with van der Waals surface area (Å²) >= 11 is 0. The molecule has 4 heterocycles. The predicted octanol–water partition coefficient (Wildman–Crippen LogP) is 2.94. The van der Waals surface area contributed by atoms with E-state index in [0.29, 0.717) is 41.7 Å². The fraction of sp³-hybridized carbons (Fsp3) is 0.333. The van der Waals surface area contributed by atoms with E-state index < -0.39 is 0 Å². The standard InChI is InChI=1S/C30H31N7O4/c1-34-12-11-20-18-24-27(41-19-40-24)28(39-2)25(20)26(34)29-31-32-33-37(29)23-10-6-7-21(17-23)30(38)36-15-13-35(14-16-36)22-8-4-3-5-9-22/h3-10,17-18,26H,11-16,19H2,1-2H3/t26-/m0/s1. The number of hydrogen-bond acceptors (Lipinski definition) is 9. The molecule has 3 aliphatic heterocycles. The van der Waals surface area contributed by atoms with Gasteiger partial charge in [0, 0.05) is 49.5 Å². The molecule has 1 saturated heterocycles. The largest absolute Gasteiger partial charge is 0.492 e. The summed E-state index contributed by atoms with van der Waals surface area (Å²) in [6, 6.07) is 19.6. The van der Waals surface area contributed by atoms with Gasteiger partial charge in [-0.1, -0.05) is 24.3 Å². The molecule has 0 radical (unpaired) electrons. The van der Waals surface area contributed by atoms with Crippen molar-refractivity contribution in [3.05, 3.63) is 83.2 Å². The number of amides is 1. The van der Waals surface area contributed by atoms with Crippen LogP contribution in [-0.2, 0) is 6.42 Å². The first kappa shape index (κ1) is 25.3. The molecule has 0 unspecified atom stereocenters. The molecule has 0 bridgehead atoms. The summed E-state index contributed by atoms with van der Waals surface area (Å²) in [6.07, 6.45) is 0.832. The lowest BCUT2D eigenvalue weighted by atomic mass is 9.90. The number of nitrogens with zero attached hydrogens (tertiary/aromatic N) is 7. The first-order valence-electron chi connectivity index (χ1n) is 13.8. The van der Waals surface area contributed by atoms with Crippen molar-refractivity contribution in [1.29, 1.82) is 0 Å². The van der Waals surface area contributed by atoms with Crippen LogP contribution in [0.1, 0.15) is 33.4 Å². The molecule has 0 aliphatic carbocycles. The second-order valence-corrected chi connectivity index (χ2v) is 10.5. The van der Waals surface area contributed by atoms with E-state index in [0.717, 1.165) is 42.9 Å². The normalized spacial score (nSPS) is 18.3. The summed E-state index contributed by atoms with van der Waals surface area (Å²) in [7, 11) is 3.69. The van der Waals surface area contributed by atoms with Crippen molar-refractivity contribution < 1.29 is 19.0 Å². The van der Waals surface area contributed by atoms with Crippen LogP contribution in [0.4, 0.5) is 5.69 Å². The number of hydrogen-bond donors (Lipinski definition) is 0. The van der Waals surface area contributed by atoms with E-state index in [2.05, 4.69) is 37.5 Å². The van der Waals surface area contributed by atoms with Crippen LogP contribution in [-0.4, -0.2) is 89.6 Å². The monoisotopic (exact) mass is 553 g/mol. The molecule has 11 nitrogen and oxygen atoms in total. The number of likely N-dealkylation sites (N-methyl/N-ethyl adjacent to an activating group) is 1. The van der Waals surface area contributed by atoms with Crippen molar-refractivity contribution in [2.75, 3.05) is 58.6 Å². The number of piperazine rings is 1. The first-order chi connectivity index (χ1) is 20.1. The Balaban J connectivity index is 1.17. The third-order valence-electron chi connectivity index (χ3n) is 8.16. The third-order valence-corrected chi connectivity index (χ3v) is 8.16. The highest BCUT2D eigenvalue weighted by Crippen LogP contribution is 2.50. The molecule has 41 heavy (non-hydrogen) atoms. The van der Waals surface area contributed by atoms with Crippen LogP contribution in [0.3, 0.4) is 0 Å². The quantitative estimate of drug-likeness (QED) is 0.370. The number of carbonyl (C=O) groups is 1. The molecule has 3 aromatic carbocycles. The second kappa shape index (κ2) is 10.4. The molecule has 1 atom stereocenters. The minimum atomic E-state index is -0.288. The van der Waals surface area contributed by atoms with Gasteiger partial charge in [-0.3, -0.25) is 9.69 Å². The van der Waals surface area contributed by atoms with Gasteiger partial charge >= 0.3 is 0 Å². The summed E-state index contributed by atoms with van der Waals surface area (Å²) in [6.45, 7) is 3.87. The minimum Gasteiger partial charge on any atom is -0.492 e. The van der Waals surface area contributed by atoms with E-state index in [1.807, 2.05) is 60.5 Å². The van der Waals surface area contributed by atoms with E-state index in [9.17, 15) is 4.79 Å². The number of para-hydroxylation sites is 1. The highest BCUT2D eigenvalue weighted by Gasteiger charge is 2.38. The van der Waals surface area contributed by atoms with Gasteiger partial charge in [-0.05, 0) is 65.9 Å². The van der Waals surface area contributed by atoms with Gasteiger partial charge in [0.1, 0.15) is 6.04 Å². The van der Waals surface area contributed by atoms with Gasteiger partial charge in [0.2, 0.25) is 12.5 Å². The number of rotatable bonds is 5. The van der Waals surface area contributed by atoms with Crippen molar-refractivity contribution in [3.63, 3.8) is 0 Å². The van der Waals surface area contributed by atoms with Gasteiger partial charge in [0.05, 0.1) is 12.8 Å². The molecule has 0 N–H and O–H groups in total. The first-order valence-corrected chi connectivity index (χ1v) is 13.8. The third kappa shape index (κ3) is 4.42. The van der Waals surface area contributed by atoms with Crippen molar-refractivity contribution in [2.45, 2.75) is 12.5 Å². The number of fused-ring (bicyclic) bond motifs is 2. The lowest BCUT2D eigenvalue weighted by Gasteiger charge is -2.36. The Hall–Kier alpha value is -4.64. The summed E-state index contributed by atoms with van der Waals surface area (Å²) in [5.74, 6) is 2.57. The van der Waals surface area contributed by atoms with Crippen LogP contribution in [0.5, 0.6) is 17.2 Å². The Kier molecular flexibility index (Phi) is 6.43.